The summed E-state index contributed by atoms with van der Waals surface area (Å²) in [5.74, 6) is -0.983. The van der Waals surface area contributed by atoms with Crippen molar-refractivity contribution in [2.24, 2.45) is 0 Å². The zero-order valence-corrected chi connectivity index (χ0v) is 8.60. The molecule has 0 unspecified atom stereocenters. The van der Waals surface area contributed by atoms with E-state index in [1.54, 1.807) is 4.90 Å². The van der Waals surface area contributed by atoms with Gasteiger partial charge in [-0.1, -0.05) is 0 Å². The van der Waals surface area contributed by atoms with Gasteiger partial charge in [-0.2, -0.15) is 0 Å². The number of nitrogens with one attached hydrogen (secondary N) is 1. The molecule has 1 saturated heterocycles. The average molecular weight is 224 g/mol. The van der Waals surface area contributed by atoms with Crippen LogP contribution < -0.4 is 5.48 Å². The zero-order valence-electron chi connectivity index (χ0n) is 8.60. The van der Waals surface area contributed by atoms with E-state index in [0.717, 1.165) is 25.9 Å². The standard InChI is InChI=1S/C10H12N2O4/c13-9(11-15)8-5-7(6-16-8)10(14)12-3-1-2-4-12/h5-6,15H,1-4H2,(H,11,13). The van der Waals surface area contributed by atoms with Gasteiger partial charge >= 0.3 is 5.91 Å². The van der Waals surface area contributed by atoms with E-state index in [9.17, 15) is 9.59 Å². The Hall–Kier alpha value is -1.82. The van der Waals surface area contributed by atoms with Gasteiger partial charge in [-0.3, -0.25) is 14.8 Å². The number of rotatable bonds is 2. The third-order valence-corrected chi connectivity index (χ3v) is 2.57. The van der Waals surface area contributed by atoms with Crippen LogP contribution in [0.15, 0.2) is 16.7 Å². The summed E-state index contributed by atoms with van der Waals surface area (Å²) in [6, 6.07) is 1.33. The number of furan rings is 1. The summed E-state index contributed by atoms with van der Waals surface area (Å²) in [6.07, 6.45) is 3.24. The normalized spacial score (nSPS) is 15.2. The first kappa shape index (κ1) is 10.7. The minimum absolute atomic E-state index is 0.0787. The van der Waals surface area contributed by atoms with Crippen molar-refractivity contribution in [2.75, 3.05) is 13.1 Å². The molecule has 86 valence electrons. The second kappa shape index (κ2) is 4.36. The molecule has 0 atom stereocenters. The number of carbonyl (C=O) groups is 2. The summed E-state index contributed by atoms with van der Waals surface area (Å²) in [6.45, 7) is 1.48. The molecule has 0 aromatic carbocycles. The van der Waals surface area contributed by atoms with Crippen LogP contribution in [-0.2, 0) is 0 Å². The molecule has 2 N–H and O–H groups in total. The van der Waals surface area contributed by atoms with Crippen LogP contribution in [-0.4, -0.2) is 35.0 Å². The van der Waals surface area contributed by atoms with Gasteiger partial charge in [-0.25, -0.2) is 5.48 Å². The predicted octanol–water partition coefficient (Wildman–Crippen LogP) is 0.635. The molecule has 2 amide bonds. The molecule has 1 aromatic rings. The minimum atomic E-state index is -0.763. The lowest BCUT2D eigenvalue weighted by Gasteiger charge is -2.12. The molecule has 0 radical (unpaired) electrons. The van der Waals surface area contributed by atoms with Crippen molar-refractivity contribution in [1.82, 2.24) is 10.4 Å². The highest BCUT2D eigenvalue weighted by Crippen LogP contribution is 2.15. The van der Waals surface area contributed by atoms with E-state index < -0.39 is 5.91 Å². The van der Waals surface area contributed by atoms with Crippen molar-refractivity contribution in [2.45, 2.75) is 12.8 Å². The molecule has 16 heavy (non-hydrogen) atoms. The average Bonchev–Trinajstić information content (AvgIpc) is 2.97. The van der Waals surface area contributed by atoms with Crippen molar-refractivity contribution < 1.29 is 19.2 Å². The molecule has 1 fully saturated rings. The van der Waals surface area contributed by atoms with Gasteiger partial charge in [-0.15, -0.1) is 0 Å². The summed E-state index contributed by atoms with van der Waals surface area (Å²) in [5, 5.41) is 8.39. The van der Waals surface area contributed by atoms with Crippen LogP contribution in [0.4, 0.5) is 0 Å². The van der Waals surface area contributed by atoms with Gasteiger partial charge in [0.15, 0.2) is 5.76 Å². The van der Waals surface area contributed by atoms with Crippen molar-refractivity contribution in [3.63, 3.8) is 0 Å². The largest absolute Gasteiger partial charge is 0.458 e. The Morgan fingerprint density at radius 1 is 1.38 bits per heavy atom. The molecule has 6 heteroatoms. The van der Waals surface area contributed by atoms with Gasteiger partial charge in [0.2, 0.25) is 0 Å². The van der Waals surface area contributed by atoms with Crippen molar-refractivity contribution in [3.8, 4) is 0 Å². The van der Waals surface area contributed by atoms with Crippen LogP contribution in [0.25, 0.3) is 0 Å². The maximum atomic E-state index is 11.8. The molecule has 1 aliphatic heterocycles. The Kier molecular flexibility index (Phi) is 2.91. The molecule has 0 aliphatic carbocycles. The molecule has 1 aliphatic rings. The number of carbonyl (C=O) groups excluding carboxylic acids is 2. The van der Waals surface area contributed by atoms with Gasteiger partial charge < -0.3 is 9.32 Å². The first-order valence-corrected chi connectivity index (χ1v) is 5.04. The Morgan fingerprint density at radius 3 is 2.69 bits per heavy atom. The number of amides is 2. The maximum Gasteiger partial charge on any atom is 0.310 e. The van der Waals surface area contributed by atoms with Crippen molar-refractivity contribution in [1.29, 1.82) is 0 Å². The monoisotopic (exact) mass is 224 g/mol. The second-order valence-corrected chi connectivity index (χ2v) is 3.64. The number of nitrogens with zero attached hydrogens (tertiary/aromatic N) is 1. The maximum absolute atomic E-state index is 11.8. The van der Waals surface area contributed by atoms with E-state index in [1.165, 1.54) is 17.8 Å². The van der Waals surface area contributed by atoms with E-state index in [-0.39, 0.29) is 11.7 Å². The molecule has 2 rings (SSSR count). The van der Waals surface area contributed by atoms with Crippen molar-refractivity contribution >= 4 is 11.8 Å². The lowest BCUT2D eigenvalue weighted by atomic mass is 10.2. The Labute approximate surface area is 91.8 Å². The van der Waals surface area contributed by atoms with Crippen LogP contribution in [0.2, 0.25) is 0 Å². The topological polar surface area (TPSA) is 82.8 Å². The first-order chi connectivity index (χ1) is 7.72. The van der Waals surface area contributed by atoms with Crippen LogP contribution in [0.3, 0.4) is 0 Å². The smallest absolute Gasteiger partial charge is 0.310 e. The number of likely N-dealkylation sites (tertiary alicyclic amines) is 1. The van der Waals surface area contributed by atoms with E-state index in [2.05, 4.69) is 0 Å². The predicted molar refractivity (Wildman–Crippen MR) is 53.1 cm³/mol. The number of hydroxylamine groups is 1. The van der Waals surface area contributed by atoms with Crippen LogP contribution in [0, 0.1) is 0 Å². The third kappa shape index (κ3) is 1.92. The molecule has 6 nitrogen and oxygen atoms in total. The Morgan fingerprint density at radius 2 is 2.06 bits per heavy atom. The van der Waals surface area contributed by atoms with E-state index in [4.69, 9.17) is 9.62 Å². The highest BCUT2D eigenvalue weighted by molar-refractivity contribution is 5.98. The SMILES string of the molecule is O=C(NO)c1cc(C(=O)N2CCCC2)co1. The van der Waals surface area contributed by atoms with E-state index in [1.807, 2.05) is 0 Å². The molecule has 1 aromatic heterocycles. The molecular formula is C10H12N2O4. The van der Waals surface area contributed by atoms with Crippen LogP contribution in [0.1, 0.15) is 33.8 Å². The van der Waals surface area contributed by atoms with Gasteiger partial charge in [0.25, 0.3) is 5.91 Å². The van der Waals surface area contributed by atoms with Gasteiger partial charge in [-0.05, 0) is 12.8 Å². The highest BCUT2D eigenvalue weighted by atomic mass is 16.5. The van der Waals surface area contributed by atoms with Gasteiger partial charge in [0.1, 0.15) is 6.26 Å². The molecular weight excluding hydrogens is 212 g/mol. The molecule has 0 saturated carbocycles. The van der Waals surface area contributed by atoms with Crippen LogP contribution in [0.5, 0.6) is 0 Å². The van der Waals surface area contributed by atoms with Crippen molar-refractivity contribution in [3.05, 3.63) is 23.7 Å². The lowest BCUT2D eigenvalue weighted by Crippen LogP contribution is -2.27. The van der Waals surface area contributed by atoms with Crippen LogP contribution >= 0.6 is 0 Å². The third-order valence-electron chi connectivity index (χ3n) is 2.57. The number of hydrogen-bond donors (Lipinski definition) is 2. The summed E-state index contributed by atoms with van der Waals surface area (Å²) < 4.78 is 4.88. The second-order valence-electron chi connectivity index (χ2n) is 3.64. The quantitative estimate of drug-likeness (QED) is 0.570. The zero-order chi connectivity index (χ0) is 11.5. The minimum Gasteiger partial charge on any atom is -0.458 e. The molecule has 2 heterocycles. The molecule has 0 spiro atoms. The summed E-state index contributed by atoms with van der Waals surface area (Å²) in [4.78, 5) is 24.5. The lowest BCUT2D eigenvalue weighted by molar-refractivity contribution is 0.0676. The fourth-order valence-electron chi connectivity index (χ4n) is 1.73. The highest BCUT2D eigenvalue weighted by Gasteiger charge is 2.22. The Balaban J connectivity index is 2.11. The first-order valence-electron chi connectivity index (χ1n) is 5.04. The van der Waals surface area contributed by atoms with Gasteiger partial charge in [0, 0.05) is 19.2 Å². The number of hydrogen-bond acceptors (Lipinski definition) is 4. The fourth-order valence-corrected chi connectivity index (χ4v) is 1.73. The van der Waals surface area contributed by atoms with E-state index >= 15 is 0 Å². The van der Waals surface area contributed by atoms with Gasteiger partial charge in [0.05, 0.1) is 5.56 Å². The summed E-state index contributed by atoms with van der Waals surface area (Å²) in [5.41, 5.74) is 1.78. The van der Waals surface area contributed by atoms with E-state index in [0.29, 0.717) is 5.56 Å². The fraction of sp³-hybridized carbons (Fsp3) is 0.400. The Bertz CT molecular complexity index is 407. The summed E-state index contributed by atoms with van der Waals surface area (Å²) in [7, 11) is 0. The summed E-state index contributed by atoms with van der Waals surface area (Å²) >= 11 is 0. The molecule has 0 bridgehead atoms.